The molecule has 0 aliphatic rings. The molecule has 0 spiro atoms. The van der Waals surface area contributed by atoms with Crippen molar-refractivity contribution >= 4 is 11.4 Å². The van der Waals surface area contributed by atoms with Gasteiger partial charge in [0.2, 0.25) is 0 Å². The standard InChI is InChI=1S/C18H18FN3O/c1-2-16-21-17(15-5-3-4-12-22(15)16)18(23)20-11-10-13-6-8-14(19)9-7-13/h3-9,12H,2,10-11H2,1H3,(H,20,23). The van der Waals surface area contributed by atoms with Crippen molar-refractivity contribution in [1.29, 1.82) is 0 Å². The van der Waals surface area contributed by atoms with Gasteiger partial charge in [-0.25, -0.2) is 9.37 Å². The number of nitrogens with zero attached hydrogens (tertiary/aromatic N) is 2. The molecule has 1 aromatic carbocycles. The number of amides is 1. The first-order valence-electron chi connectivity index (χ1n) is 7.67. The topological polar surface area (TPSA) is 46.4 Å². The maximum absolute atomic E-state index is 12.9. The molecule has 0 aliphatic carbocycles. The van der Waals surface area contributed by atoms with E-state index in [9.17, 15) is 9.18 Å². The number of halogens is 1. The van der Waals surface area contributed by atoms with E-state index in [1.807, 2.05) is 35.7 Å². The van der Waals surface area contributed by atoms with Crippen molar-refractivity contribution < 1.29 is 9.18 Å². The second-order valence-electron chi connectivity index (χ2n) is 5.32. The summed E-state index contributed by atoms with van der Waals surface area (Å²) in [5, 5.41) is 2.88. The Bertz CT molecular complexity index is 824. The molecule has 0 unspecified atom stereocenters. The molecule has 3 aromatic rings. The first-order chi connectivity index (χ1) is 11.2. The van der Waals surface area contributed by atoms with Crippen LogP contribution >= 0.6 is 0 Å². The molecular weight excluding hydrogens is 293 g/mol. The Morgan fingerprint density at radius 2 is 2.00 bits per heavy atom. The highest BCUT2D eigenvalue weighted by atomic mass is 19.1. The van der Waals surface area contributed by atoms with Crippen LogP contribution in [-0.4, -0.2) is 21.8 Å². The Morgan fingerprint density at radius 3 is 2.74 bits per heavy atom. The normalized spacial score (nSPS) is 10.9. The van der Waals surface area contributed by atoms with Gasteiger partial charge in [0.25, 0.3) is 5.91 Å². The highest BCUT2D eigenvalue weighted by molar-refractivity contribution is 5.99. The Morgan fingerprint density at radius 1 is 1.22 bits per heavy atom. The van der Waals surface area contributed by atoms with Gasteiger partial charge in [0, 0.05) is 19.2 Å². The molecule has 118 valence electrons. The summed E-state index contributed by atoms with van der Waals surface area (Å²) in [6.45, 7) is 2.50. The van der Waals surface area contributed by atoms with E-state index in [1.165, 1.54) is 12.1 Å². The number of fused-ring (bicyclic) bond motifs is 1. The second-order valence-corrected chi connectivity index (χ2v) is 5.32. The molecule has 3 rings (SSSR count). The van der Waals surface area contributed by atoms with Gasteiger partial charge < -0.3 is 9.72 Å². The van der Waals surface area contributed by atoms with Gasteiger partial charge in [-0.1, -0.05) is 25.1 Å². The molecule has 0 saturated heterocycles. The number of carbonyl (C=O) groups is 1. The van der Waals surface area contributed by atoms with Gasteiger partial charge in [0.1, 0.15) is 11.6 Å². The SMILES string of the molecule is CCc1nc(C(=O)NCCc2ccc(F)cc2)c2ccccn12. The third kappa shape index (κ3) is 3.23. The summed E-state index contributed by atoms with van der Waals surface area (Å²) in [7, 11) is 0. The number of hydrogen-bond donors (Lipinski definition) is 1. The third-order valence-corrected chi connectivity index (χ3v) is 3.77. The molecule has 1 amide bonds. The Hall–Kier alpha value is -2.69. The lowest BCUT2D eigenvalue weighted by atomic mass is 10.1. The van der Waals surface area contributed by atoms with Crippen molar-refractivity contribution in [2.24, 2.45) is 0 Å². The zero-order chi connectivity index (χ0) is 16.2. The summed E-state index contributed by atoms with van der Waals surface area (Å²) in [5.41, 5.74) is 2.24. The molecule has 0 bridgehead atoms. The summed E-state index contributed by atoms with van der Waals surface area (Å²) >= 11 is 0. The molecule has 0 saturated carbocycles. The van der Waals surface area contributed by atoms with Crippen molar-refractivity contribution in [2.75, 3.05) is 6.54 Å². The van der Waals surface area contributed by atoms with Crippen LogP contribution in [0.1, 0.15) is 28.8 Å². The highest BCUT2D eigenvalue weighted by Crippen LogP contribution is 2.13. The van der Waals surface area contributed by atoms with Gasteiger partial charge in [-0.05, 0) is 36.2 Å². The van der Waals surface area contributed by atoms with Crippen molar-refractivity contribution in [3.8, 4) is 0 Å². The smallest absolute Gasteiger partial charge is 0.272 e. The van der Waals surface area contributed by atoms with E-state index in [-0.39, 0.29) is 11.7 Å². The number of rotatable bonds is 5. The van der Waals surface area contributed by atoms with Crippen LogP contribution < -0.4 is 5.32 Å². The predicted molar refractivity (Wildman–Crippen MR) is 87.0 cm³/mol. The van der Waals surface area contributed by atoms with Crippen LogP contribution in [0.4, 0.5) is 4.39 Å². The zero-order valence-corrected chi connectivity index (χ0v) is 12.9. The summed E-state index contributed by atoms with van der Waals surface area (Å²) in [6, 6.07) is 12.0. The number of pyridine rings is 1. The zero-order valence-electron chi connectivity index (χ0n) is 12.9. The van der Waals surface area contributed by atoms with Gasteiger partial charge in [0.15, 0.2) is 5.69 Å². The monoisotopic (exact) mass is 311 g/mol. The predicted octanol–water partition coefficient (Wildman–Crippen LogP) is 3.01. The van der Waals surface area contributed by atoms with E-state index < -0.39 is 0 Å². The van der Waals surface area contributed by atoms with Crippen molar-refractivity contribution in [3.63, 3.8) is 0 Å². The van der Waals surface area contributed by atoms with Crippen LogP contribution in [-0.2, 0) is 12.8 Å². The van der Waals surface area contributed by atoms with E-state index in [4.69, 9.17) is 0 Å². The number of carbonyl (C=O) groups excluding carboxylic acids is 1. The minimum absolute atomic E-state index is 0.185. The lowest BCUT2D eigenvalue weighted by molar-refractivity contribution is 0.0951. The number of aromatic nitrogens is 2. The maximum atomic E-state index is 12.9. The summed E-state index contributed by atoms with van der Waals surface area (Å²) < 4.78 is 14.8. The number of hydrogen-bond acceptors (Lipinski definition) is 2. The van der Waals surface area contributed by atoms with Crippen LogP contribution in [0.3, 0.4) is 0 Å². The Balaban J connectivity index is 1.70. The van der Waals surface area contributed by atoms with E-state index in [0.717, 1.165) is 23.3 Å². The Kier molecular flexibility index (Phi) is 4.37. The minimum atomic E-state index is -0.255. The first kappa shape index (κ1) is 15.2. The lowest BCUT2D eigenvalue weighted by Crippen LogP contribution is -2.26. The quantitative estimate of drug-likeness (QED) is 0.787. The van der Waals surface area contributed by atoms with Crippen molar-refractivity contribution in [3.05, 3.63) is 71.6 Å². The van der Waals surface area contributed by atoms with Crippen LogP contribution in [0, 0.1) is 5.82 Å². The number of imidazole rings is 1. The molecule has 5 heteroatoms. The molecule has 0 fully saturated rings. The van der Waals surface area contributed by atoms with Crippen LogP contribution in [0.15, 0.2) is 48.7 Å². The lowest BCUT2D eigenvalue weighted by Gasteiger charge is -2.04. The minimum Gasteiger partial charge on any atom is -0.350 e. The fourth-order valence-electron chi connectivity index (χ4n) is 2.57. The summed E-state index contributed by atoms with van der Waals surface area (Å²) in [4.78, 5) is 16.8. The van der Waals surface area contributed by atoms with Gasteiger partial charge in [-0.2, -0.15) is 0 Å². The van der Waals surface area contributed by atoms with Gasteiger partial charge in [0.05, 0.1) is 5.52 Å². The molecule has 1 N–H and O–H groups in total. The van der Waals surface area contributed by atoms with Crippen LogP contribution in [0.5, 0.6) is 0 Å². The molecule has 0 radical (unpaired) electrons. The molecular formula is C18H18FN3O. The largest absolute Gasteiger partial charge is 0.350 e. The van der Waals surface area contributed by atoms with E-state index in [0.29, 0.717) is 18.7 Å². The van der Waals surface area contributed by atoms with Gasteiger partial charge in [-0.3, -0.25) is 4.79 Å². The fourth-order valence-corrected chi connectivity index (χ4v) is 2.57. The molecule has 23 heavy (non-hydrogen) atoms. The second kappa shape index (κ2) is 6.60. The summed E-state index contributed by atoms with van der Waals surface area (Å²) in [5.74, 6) is 0.425. The molecule has 2 heterocycles. The van der Waals surface area contributed by atoms with Crippen LogP contribution in [0.2, 0.25) is 0 Å². The molecule has 0 atom stereocenters. The van der Waals surface area contributed by atoms with E-state index >= 15 is 0 Å². The third-order valence-electron chi connectivity index (χ3n) is 3.77. The molecule has 2 aromatic heterocycles. The molecule has 4 nitrogen and oxygen atoms in total. The summed E-state index contributed by atoms with van der Waals surface area (Å²) in [6.07, 6.45) is 3.32. The van der Waals surface area contributed by atoms with E-state index in [1.54, 1.807) is 12.1 Å². The van der Waals surface area contributed by atoms with E-state index in [2.05, 4.69) is 10.3 Å². The number of nitrogens with one attached hydrogen (secondary N) is 1. The maximum Gasteiger partial charge on any atom is 0.272 e. The van der Waals surface area contributed by atoms with Gasteiger partial charge in [-0.15, -0.1) is 0 Å². The van der Waals surface area contributed by atoms with Crippen molar-refractivity contribution in [2.45, 2.75) is 19.8 Å². The molecule has 0 aliphatic heterocycles. The number of benzene rings is 1. The first-order valence-corrected chi connectivity index (χ1v) is 7.67. The highest BCUT2D eigenvalue weighted by Gasteiger charge is 2.15. The number of aryl methyl sites for hydroxylation is 1. The van der Waals surface area contributed by atoms with Crippen LogP contribution in [0.25, 0.3) is 5.52 Å². The van der Waals surface area contributed by atoms with Gasteiger partial charge >= 0.3 is 0 Å². The Labute approximate surface area is 134 Å². The average molecular weight is 311 g/mol. The fraction of sp³-hybridized carbons (Fsp3) is 0.222. The van der Waals surface area contributed by atoms with Crippen molar-refractivity contribution in [1.82, 2.24) is 14.7 Å². The average Bonchev–Trinajstić information content (AvgIpc) is 2.95.